The molecular weight excluding hydrogens is 422 g/mol. The van der Waals surface area contributed by atoms with Crippen molar-refractivity contribution in [2.45, 2.75) is 63.3 Å². The summed E-state index contributed by atoms with van der Waals surface area (Å²) in [4.78, 5) is 18.7. The Morgan fingerprint density at radius 1 is 1.22 bits per heavy atom. The number of ether oxygens (including phenoxy) is 2. The minimum absolute atomic E-state index is 0.0845. The van der Waals surface area contributed by atoms with E-state index in [2.05, 4.69) is 27.3 Å². The van der Waals surface area contributed by atoms with Crippen molar-refractivity contribution < 1.29 is 14.3 Å². The van der Waals surface area contributed by atoms with Crippen LogP contribution < -0.4 is 14.8 Å². The van der Waals surface area contributed by atoms with Crippen molar-refractivity contribution in [3.63, 3.8) is 0 Å². The van der Waals surface area contributed by atoms with Crippen molar-refractivity contribution in [1.82, 2.24) is 15.2 Å². The zero-order valence-corrected chi connectivity index (χ0v) is 18.9. The number of aromatic nitrogens is 1. The highest BCUT2D eigenvalue weighted by molar-refractivity contribution is 7.20. The Kier molecular flexibility index (Phi) is 5.03. The molecule has 2 bridgehead atoms. The molecule has 32 heavy (non-hydrogen) atoms. The Hall–Kier alpha value is -2.64. The maximum absolute atomic E-state index is 11.5. The molecule has 6 nitrogen and oxygen atoms in total. The molecule has 6 rings (SSSR count). The van der Waals surface area contributed by atoms with Gasteiger partial charge < -0.3 is 14.8 Å². The highest BCUT2D eigenvalue weighted by Crippen LogP contribution is 2.39. The fourth-order valence-corrected chi connectivity index (χ4v) is 6.51. The van der Waals surface area contributed by atoms with Gasteiger partial charge in [-0.05, 0) is 56.0 Å². The molecule has 1 unspecified atom stereocenters. The number of rotatable bonds is 5. The first-order chi connectivity index (χ1) is 15.6. The van der Waals surface area contributed by atoms with E-state index in [0.717, 1.165) is 47.5 Å². The Labute approximate surface area is 191 Å². The van der Waals surface area contributed by atoms with Crippen LogP contribution >= 0.6 is 11.3 Å². The smallest absolute Gasteiger partial charge is 0.279 e. The van der Waals surface area contributed by atoms with E-state index in [9.17, 15) is 4.79 Å². The molecule has 1 aromatic heterocycles. The first-order valence-electron chi connectivity index (χ1n) is 11.5. The van der Waals surface area contributed by atoms with E-state index < -0.39 is 0 Å². The zero-order valence-electron chi connectivity index (χ0n) is 18.1. The van der Waals surface area contributed by atoms with Crippen molar-refractivity contribution in [2.75, 3.05) is 6.54 Å². The van der Waals surface area contributed by atoms with Crippen molar-refractivity contribution in [3.05, 3.63) is 48.0 Å². The third-order valence-electron chi connectivity index (χ3n) is 6.96. The van der Waals surface area contributed by atoms with Crippen LogP contribution in [0.3, 0.4) is 0 Å². The standard InChI is InChI=1S/C25H27N3O3S/c1-15(29)26-17-12-18-6-7-19(13-17)28(18)14-21-11-16-10-20(8-9-23(16)30-21)31-25-27-22-4-2-3-5-24(22)32-25/h2-5,8-10,17-19,21H,6-7,11-14H2,1H3,(H,26,29)/t17-,18+,19-,21?. The minimum atomic E-state index is 0.0845. The number of piperidine rings is 1. The Morgan fingerprint density at radius 2 is 2.03 bits per heavy atom. The number of para-hydroxylation sites is 1. The number of carbonyl (C=O) groups excluding carboxylic acids is 1. The van der Waals surface area contributed by atoms with E-state index in [-0.39, 0.29) is 12.0 Å². The molecule has 4 atom stereocenters. The molecule has 1 amide bonds. The second-order valence-corrected chi connectivity index (χ2v) is 10.2. The van der Waals surface area contributed by atoms with Crippen LogP contribution in [-0.2, 0) is 11.2 Å². The molecule has 4 heterocycles. The number of nitrogens with zero attached hydrogens (tertiary/aromatic N) is 2. The Morgan fingerprint density at radius 3 is 2.81 bits per heavy atom. The van der Waals surface area contributed by atoms with Crippen molar-refractivity contribution in [2.24, 2.45) is 0 Å². The Bertz CT molecular complexity index is 1120. The maximum Gasteiger partial charge on any atom is 0.279 e. The molecule has 166 valence electrons. The fourth-order valence-electron chi connectivity index (χ4n) is 5.67. The second-order valence-electron chi connectivity index (χ2n) is 9.21. The number of hydrogen-bond donors (Lipinski definition) is 1. The van der Waals surface area contributed by atoms with Gasteiger partial charge in [-0.1, -0.05) is 23.5 Å². The molecule has 0 saturated carbocycles. The molecule has 1 N–H and O–H groups in total. The van der Waals surface area contributed by atoms with Gasteiger partial charge in [0.05, 0.1) is 10.2 Å². The first kappa shape index (κ1) is 20.0. The van der Waals surface area contributed by atoms with Gasteiger partial charge in [-0.15, -0.1) is 0 Å². The van der Waals surface area contributed by atoms with Gasteiger partial charge in [-0.3, -0.25) is 9.69 Å². The van der Waals surface area contributed by atoms with Gasteiger partial charge in [-0.2, -0.15) is 0 Å². The summed E-state index contributed by atoms with van der Waals surface area (Å²) in [5.74, 6) is 1.86. The number of amides is 1. The highest BCUT2D eigenvalue weighted by atomic mass is 32.1. The van der Waals surface area contributed by atoms with Gasteiger partial charge in [0.1, 0.15) is 17.6 Å². The predicted octanol–water partition coefficient (Wildman–Crippen LogP) is 4.52. The number of hydrogen-bond acceptors (Lipinski definition) is 6. The second kappa shape index (κ2) is 8.05. The lowest BCUT2D eigenvalue weighted by atomic mass is 9.96. The summed E-state index contributed by atoms with van der Waals surface area (Å²) >= 11 is 1.56. The quantitative estimate of drug-likeness (QED) is 0.620. The zero-order chi connectivity index (χ0) is 21.7. The third-order valence-corrected chi connectivity index (χ3v) is 7.87. The summed E-state index contributed by atoms with van der Waals surface area (Å²) in [6.45, 7) is 2.57. The maximum atomic E-state index is 11.5. The highest BCUT2D eigenvalue weighted by Gasteiger charge is 2.42. The predicted molar refractivity (Wildman–Crippen MR) is 125 cm³/mol. The van der Waals surface area contributed by atoms with E-state index >= 15 is 0 Å². The average molecular weight is 450 g/mol. The summed E-state index contributed by atoms with van der Waals surface area (Å²) in [5.41, 5.74) is 2.17. The molecule has 0 spiro atoms. The summed E-state index contributed by atoms with van der Waals surface area (Å²) in [5, 5.41) is 3.80. The van der Waals surface area contributed by atoms with Crippen LogP contribution in [-0.4, -0.2) is 46.6 Å². The summed E-state index contributed by atoms with van der Waals surface area (Å²) < 4.78 is 13.5. The number of benzene rings is 2. The third kappa shape index (κ3) is 3.84. The van der Waals surface area contributed by atoms with Crippen LogP contribution in [0.1, 0.15) is 38.2 Å². The van der Waals surface area contributed by atoms with Crippen LogP contribution in [0.4, 0.5) is 0 Å². The average Bonchev–Trinajstić information content (AvgIpc) is 3.41. The van der Waals surface area contributed by atoms with E-state index in [4.69, 9.17) is 9.47 Å². The normalized spacial score (nSPS) is 26.7. The van der Waals surface area contributed by atoms with Gasteiger partial charge in [0.25, 0.3) is 5.19 Å². The molecule has 7 heteroatoms. The summed E-state index contributed by atoms with van der Waals surface area (Å²) in [6, 6.07) is 15.6. The monoisotopic (exact) mass is 449 g/mol. The van der Waals surface area contributed by atoms with Crippen LogP contribution in [0.15, 0.2) is 42.5 Å². The lowest BCUT2D eigenvalue weighted by Crippen LogP contribution is -2.52. The molecule has 2 aromatic carbocycles. The summed E-state index contributed by atoms with van der Waals surface area (Å²) in [7, 11) is 0. The Balaban J connectivity index is 1.10. The lowest BCUT2D eigenvalue weighted by Gasteiger charge is -2.40. The van der Waals surface area contributed by atoms with Gasteiger partial charge in [0.2, 0.25) is 5.91 Å². The SMILES string of the molecule is CC(=O)N[C@H]1C[C@H]2CC[C@@H](C1)N2CC1Cc2cc(Oc3nc4ccccc4s3)ccc2O1. The lowest BCUT2D eigenvalue weighted by molar-refractivity contribution is -0.120. The molecule has 2 fully saturated rings. The van der Waals surface area contributed by atoms with Gasteiger partial charge in [0.15, 0.2) is 0 Å². The first-order valence-corrected chi connectivity index (χ1v) is 12.3. The van der Waals surface area contributed by atoms with Crippen LogP contribution in [0.25, 0.3) is 10.2 Å². The van der Waals surface area contributed by atoms with E-state index in [1.807, 2.05) is 30.3 Å². The molecule has 3 aliphatic rings. The van der Waals surface area contributed by atoms with Crippen molar-refractivity contribution in [3.8, 4) is 16.7 Å². The largest absolute Gasteiger partial charge is 0.488 e. The molecule has 0 aliphatic carbocycles. The number of carbonyl (C=O) groups is 1. The van der Waals surface area contributed by atoms with E-state index in [0.29, 0.717) is 23.3 Å². The number of thiazole rings is 1. The van der Waals surface area contributed by atoms with E-state index in [1.165, 1.54) is 18.4 Å². The molecule has 3 aromatic rings. The van der Waals surface area contributed by atoms with Gasteiger partial charge in [-0.25, -0.2) is 4.98 Å². The number of fused-ring (bicyclic) bond motifs is 4. The molecule has 2 saturated heterocycles. The molecule has 0 radical (unpaired) electrons. The molecular formula is C25H27N3O3S. The van der Waals surface area contributed by atoms with Crippen LogP contribution in [0.2, 0.25) is 0 Å². The fraction of sp³-hybridized carbons (Fsp3) is 0.440. The molecule has 3 aliphatic heterocycles. The topological polar surface area (TPSA) is 63.7 Å². The van der Waals surface area contributed by atoms with Crippen molar-refractivity contribution >= 4 is 27.5 Å². The minimum Gasteiger partial charge on any atom is -0.488 e. The van der Waals surface area contributed by atoms with E-state index in [1.54, 1.807) is 18.3 Å². The van der Waals surface area contributed by atoms with Crippen LogP contribution in [0, 0.1) is 0 Å². The van der Waals surface area contributed by atoms with Gasteiger partial charge >= 0.3 is 0 Å². The van der Waals surface area contributed by atoms with Crippen LogP contribution in [0.5, 0.6) is 16.7 Å². The van der Waals surface area contributed by atoms with Gasteiger partial charge in [0, 0.05) is 43.6 Å². The van der Waals surface area contributed by atoms with Crippen molar-refractivity contribution in [1.29, 1.82) is 0 Å². The number of nitrogens with one attached hydrogen (secondary N) is 1. The summed E-state index contributed by atoms with van der Waals surface area (Å²) in [6.07, 6.45) is 5.62.